The van der Waals surface area contributed by atoms with Crippen LogP contribution in [0.4, 0.5) is 0 Å². The molecule has 0 saturated carbocycles. The van der Waals surface area contributed by atoms with Crippen molar-refractivity contribution in [1.82, 2.24) is 9.55 Å². The molecule has 0 aliphatic carbocycles. The molecule has 6 aromatic rings. The molecule has 182 valence electrons. The highest BCUT2D eigenvalue weighted by Gasteiger charge is 2.18. The van der Waals surface area contributed by atoms with Gasteiger partial charge in [0, 0.05) is 27.5 Å². The van der Waals surface area contributed by atoms with Gasteiger partial charge in [0.05, 0.1) is 22.0 Å². The number of hydrogen-bond acceptors (Lipinski definition) is 2. The molecule has 0 N–H and O–H groups in total. The Labute approximate surface area is 236 Å². The van der Waals surface area contributed by atoms with Gasteiger partial charge in [-0.05, 0) is 76.7 Å². The van der Waals surface area contributed by atoms with Crippen molar-refractivity contribution in [2.24, 2.45) is 0 Å². The number of ether oxygens (including phenoxy) is 1. The lowest BCUT2D eigenvalue weighted by atomic mass is 9.88. The van der Waals surface area contributed by atoms with Crippen molar-refractivity contribution in [2.75, 3.05) is 0 Å². The summed E-state index contributed by atoms with van der Waals surface area (Å²) in [4.78, 5) is 4.43. The monoisotopic (exact) mass is 554 g/mol. The summed E-state index contributed by atoms with van der Waals surface area (Å²) in [5.41, 5.74) is 1.55. The second kappa shape index (κ2) is 9.20. The minimum atomic E-state index is -0.608. The van der Waals surface area contributed by atoms with Crippen molar-refractivity contribution >= 4 is 37.7 Å². The molecule has 37 heavy (non-hydrogen) atoms. The van der Waals surface area contributed by atoms with Gasteiger partial charge in [0.25, 0.3) is 0 Å². The van der Waals surface area contributed by atoms with Gasteiger partial charge in [-0.1, -0.05) is 79.0 Å². The second-order valence-corrected chi connectivity index (χ2v) is 10.6. The van der Waals surface area contributed by atoms with Crippen LogP contribution in [0.2, 0.25) is 0 Å². The van der Waals surface area contributed by atoms with E-state index < -0.39 is 23.5 Å². The van der Waals surface area contributed by atoms with Crippen LogP contribution in [-0.2, 0) is 5.41 Å². The number of nitrogens with zero attached hydrogens (tertiary/aromatic N) is 2. The number of pyridine rings is 1. The van der Waals surface area contributed by atoms with Crippen LogP contribution in [-0.4, -0.2) is 9.55 Å². The van der Waals surface area contributed by atoms with E-state index >= 15 is 0 Å². The van der Waals surface area contributed by atoms with Crippen LogP contribution in [0, 0.1) is 0 Å². The van der Waals surface area contributed by atoms with Gasteiger partial charge in [0.2, 0.25) is 0 Å². The van der Waals surface area contributed by atoms with E-state index in [0.29, 0.717) is 39.0 Å². The third-order valence-electron chi connectivity index (χ3n) is 6.10. The molecule has 4 aromatic carbocycles. The quantitative estimate of drug-likeness (QED) is 0.217. The lowest BCUT2D eigenvalue weighted by molar-refractivity contribution is 0.483. The third-order valence-corrected chi connectivity index (χ3v) is 6.59. The van der Waals surface area contributed by atoms with Gasteiger partial charge >= 0.3 is 0 Å². The standard InChI is InChI=1S/C33H27BrN2O/c1-33(2,3)24-16-17-35-32(19-24)36-30-15-12-23(22-8-5-4-6-9-22)18-29(30)28-14-13-27(21-31(28)36)37-26-11-7-10-25(34)20-26/h4-21H,1-3H3/i4D,5D,6D,8D,9D,16D,17D,19D. The van der Waals surface area contributed by atoms with Crippen LogP contribution in [0.3, 0.4) is 0 Å². The molecule has 0 aliphatic rings. The molecule has 3 nitrogen and oxygen atoms in total. The summed E-state index contributed by atoms with van der Waals surface area (Å²) < 4.78 is 76.4. The molecule has 6 rings (SSSR count). The Bertz CT molecular complexity index is 2160. The van der Waals surface area contributed by atoms with Crippen molar-refractivity contribution in [3.63, 3.8) is 0 Å². The lowest BCUT2D eigenvalue weighted by Gasteiger charge is -2.20. The third kappa shape index (κ3) is 4.54. The summed E-state index contributed by atoms with van der Waals surface area (Å²) in [6.07, 6.45) is -0.252. The zero-order valence-electron chi connectivity index (χ0n) is 28.5. The fourth-order valence-corrected chi connectivity index (χ4v) is 4.68. The molecule has 4 heteroatoms. The maximum Gasteiger partial charge on any atom is 0.137 e. The number of halogens is 1. The van der Waals surface area contributed by atoms with Crippen molar-refractivity contribution in [1.29, 1.82) is 0 Å². The molecule has 2 aromatic heterocycles. The molecular weight excluding hydrogens is 520 g/mol. The molecule has 0 atom stereocenters. The van der Waals surface area contributed by atoms with E-state index in [0.717, 1.165) is 9.86 Å². The van der Waals surface area contributed by atoms with E-state index in [1.807, 2.05) is 63.2 Å². The van der Waals surface area contributed by atoms with E-state index in [-0.39, 0.29) is 41.7 Å². The number of fused-ring (bicyclic) bond motifs is 3. The van der Waals surface area contributed by atoms with E-state index in [1.165, 1.54) is 0 Å². The Kier molecular flexibility index (Phi) is 3.99. The van der Waals surface area contributed by atoms with Crippen LogP contribution < -0.4 is 4.74 Å². The summed E-state index contributed by atoms with van der Waals surface area (Å²) >= 11 is 3.47. The first-order chi connectivity index (χ1) is 21.2. The van der Waals surface area contributed by atoms with Crippen molar-refractivity contribution < 1.29 is 15.7 Å². The molecule has 0 aliphatic heterocycles. The van der Waals surface area contributed by atoms with Crippen LogP contribution in [0.5, 0.6) is 11.5 Å². The van der Waals surface area contributed by atoms with Crippen molar-refractivity contribution in [3.05, 3.63) is 119 Å². The summed E-state index contributed by atoms with van der Waals surface area (Å²) in [6, 6.07) is 16.1. The summed E-state index contributed by atoms with van der Waals surface area (Å²) in [6.45, 7) is 5.68. The fraction of sp³-hybridized carbons (Fsp3) is 0.121. The fourth-order valence-electron chi connectivity index (χ4n) is 4.30. The number of aromatic nitrogens is 2. The SMILES string of the molecule is [2H]c1nc(-n2c3ccc(-c4c([2H])c([2H])c([2H])c([2H])c4[2H])cc3c3ccc(Oc4cccc(Br)c4)cc32)c([2H])c(C(C)(C)C)c1[2H]. The highest BCUT2D eigenvalue weighted by Crippen LogP contribution is 2.37. The Morgan fingerprint density at radius 1 is 0.811 bits per heavy atom. The normalized spacial score (nSPS) is 14.8. The number of rotatable bonds is 4. The van der Waals surface area contributed by atoms with Crippen LogP contribution in [0.1, 0.15) is 37.3 Å². The molecule has 0 amide bonds. The number of hydrogen-bond donors (Lipinski definition) is 0. The molecule has 0 unspecified atom stereocenters. The molecule has 0 saturated heterocycles. The van der Waals surface area contributed by atoms with Gasteiger partial charge in [-0.2, -0.15) is 0 Å². The lowest BCUT2D eigenvalue weighted by Crippen LogP contribution is -2.12. The zero-order valence-corrected chi connectivity index (χ0v) is 22.0. The molecule has 0 bridgehead atoms. The molecule has 0 fully saturated rings. The Hall–Kier alpha value is -3.89. The zero-order chi connectivity index (χ0) is 32.5. The van der Waals surface area contributed by atoms with E-state index in [1.54, 1.807) is 22.8 Å². The van der Waals surface area contributed by atoms with Crippen LogP contribution >= 0.6 is 15.9 Å². The predicted octanol–water partition coefficient (Wildman–Crippen LogP) is 9.70. The first-order valence-electron chi connectivity index (χ1n) is 15.8. The minimum absolute atomic E-state index is 0.0234. The van der Waals surface area contributed by atoms with E-state index in [9.17, 15) is 1.37 Å². The highest BCUT2D eigenvalue weighted by atomic mass is 79.9. The topological polar surface area (TPSA) is 27.1 Å². The first kappa shape index (κ1) is 16.1. The number of benzene rings is 4. The van der Waals surface area contributed by atoms with Gasteiger partial charge in [0.15, 0.2) is 0 Å². The Morgan fingerprint density at radius 3 is 2.41 bits per heavy atom. The Morgan fingerprint density at radius 2 is 1.62 bits per heavy atom. The van der Waals surface area contributed by atoms with E-state index in [2.05, 4.69) is 20.9 Å². The van der Waals surface area contributed by atoms with Gasteiger partial charge in [-0.3, -0.25) is 4.57 Å². The maximum atomic E-state index is 9.19. The molecule has 0 spiro atoms. The second-order valence-electron chi connectivity index (χ2n) is 9.73. The van der Waals surface area contributed by atoms with Crippen molar-refractivity contribution in [3.8, 4) is 28.4 Å². The van der Waals surface area contributed by atoms with E-state index in [4.69, 9.17) is 14.3 Å². The maximum absolute atomic E-state index is 9.19. The van der Waals surface area contributed by atoms with Gasteiger partial charge in [-0.25, -0.2) is 4.98 Å². The van der Waals surface area contributed by atoms with Gasteiger partial charge < -0.3 is 4.74 Å². The average molecular weight is 556 g/mol. The van der Waals surface area contributed by atoms with Crippen LogP contribution in [0.15, 0.2) is 114 Å². The van der Waals surface area contributed by atoms with Gasteiger partial charge in [0.1, 0.15) is 17.3 Å². The predicted molar refractivity (Wildman–Crippen MR) is 157 cm³/mol. The summed E-state index contributed by atoms with van der Waals surface area (Å²) in [5.74, 6) is 1.30. The molecule has 0 radical (unpaired) electrons. The Balaban J connectivity index is 1.68. The highest BCUT2D eigenvalue weighted by molar-refractivity contribution is 9.10. The minimum Gasteiger partial charge on any atom is -0.457 e. The smallest absolute Gasteiger partial charge is 0.137 e. The van der Waals surface area contributed by atoms with Crippen molar-refractivity contribution in [2.45, 2.75) is 26.2 Å². The van der Waals surface area contributed by atoms with Crippen LogP contribution in [0.25, 0.3) is 38.8 Å². The largest absolute Gasteiger partial charge is 0.457 e. The molecular formula is C33H27BrN2O. The first-order valence-corrected chi connectivity index (χ1v) is 12.6. The molecule has 2 heterocycles. The van der Waals surface area contributed by atoms with Gasteiger partial charge in [-0.15, -0.1) is 0 Å². The summed E-state index contributed by atoms with van der Waals surface area (Å²) in [5, 5.41) is 1.42. The summed E-state index contributed by atoms with van der Waals surface area (Å²) in [7, 11) is 0. The average Bonchev–Trinajstić information content (AvgIpc) is 3.29.